The molecule has 0 bridgehead atoms. The van der Waals surface area contributed by atoms with Crippen molar-refractivity contribution in [2.45, 2.75) is 26.2 Å². The average molecular weight is 267 g/mol. The molecule has 0 aliphatic carbocycles. The van der Waals surface area contributed by atoms with Gasteiger partial charge >= 0.3 is 0 Å². The maximum absolute atomic E-state index is 5.31. The molecule has 0 aliphatic heterocycles. The van der Waals surface area contributed by atoms with E-state index in [9.17, 15) is 0 Å². The summed E-state index contributed by atoms with van der Waals surface area (Å²) in [6.45, 7) is 9.98. The summed E-state index contributed by atoms with van der Waals surface area (Å²) in [5.41, 5.74) is 3.99. The molecule has 0 amide bonds. The lowest BCUT2D eigenvalue weighted by Gasteiger charge is -2.19. The Morgan fingerprint density at radius 1 is 1.40 bits per heavy atom. The Labute approximate surface area is 99.6 Å². The highest BCUT2D eigenvalue weighted by molar-refractivity contribution is 9.10. The molecule has 15 heavy (non-hydrogen) atoms. The number of rotatable bonds is 2. The van der Waals surface area contributed by atoms with E-state index in [0.29, 0.717) is 0 Å². The molecule has 0 spiro atoms. The van der Waals surface area contributed by atoms with Gasteiger partial charge in [-0.25, -0.2) is 0 Å². The van der Waals surface area contributed by atoms with Crippen molar-refractivity contribution in [1.29, 1.82) is 0 Å². The van der Waals surface area contributed by atoms with E-state index in [-0.39, 0.29) is 5.41 Å². The predicted octanol–water partition coefficient (Wildman–Crippen LogP) is 4.42. The first-order valence-electron chi connectivity index (χ1n) is 4.76. The van der Waals surface area contributed by atoms with Crippen molar-refractivity contribution >= 4 is 15.9 Å². The summed E-state index contributed by atoms with van der Waals surface area (Å²) >= 11 is 3.48. The van der Waals surface area contributed by atoms with Crippen LogP contribution < -0.4 is 4.74 Å². The summed E-state index contributed by atoms with van der Waals surface area (Å²) in [4.78, 5) is 0. The summed E-state index contributed by atoms with van der Waals surface area (Å²) in [5.74, 6) is 0.777. The second-order valence-corrected chi connectivity index (χ2v) is 5.19. The van der Waals surface area contributed by atoms with Crippen LogP contribution in [0.1, 0.15) is 26.3 Å². The van der Waals surface area contributed by atoms with E-state index in [1.165, 1.54) is 11.8 Å². The minimum absolute atomic E-state index is 0.148. The minimum atomic E-state index is 0.148. The number of benzene rings is 1. The van der Waals surface area contributed by atoms with E-state index in [4.69, 9.17) is 4.74 Å². The lowest BCUT2D eigenvalue weighted by atomic mass is 9.87. The van der Waals surface area contributed by atoms with E-state index in [2.05, 4.69) is 61.1 Å². The van der Waals surface area contributed by atoms with E-state index in [0.717, 1.165) is 10.2 Å². The maximum Gasteiger partial charge on any atom is 0.141 e. The Bertz CT molecular complexity index is 395. The molecule has 1 nitrogen and oxygen atoms in total. The third-order valence-electron chi connectivity index (χ3n) is 2.07. The van der Waals surface area contributed by atoms with Crippen LogP contribution in [0.25, 0.3) is 0 Å². The zero-order valence-electron chi connectivity index (χ0n) is 9.30. The van der Waals surface area contributed by atoms with E-state index >= 15 is 0 Å². The SMILES string of the molecule is C=C=COc1ccc(C(C)(C)C)cc1Br. The molecule has 80 valence electrons. The third-order valence-corrected chi connectivity index (χ3v) is 2.69. The second-order valence-electron chi connectivity index (χ2n) is 4.34. The fraction of sp³-hybridized carbons (Fsp3) is 0.308. The molecule has 0 saturated heterocycles. The van der Waals surface area contributed by atoms with Crippen LogP contribution in [0, 0.1) is 0 Å². The summed E-state index contributed by atoms with van der Waals surface area (Å²) in [6, 6.07) is 6.09. The summed E-state index contributed by atoms with van der Waals surface area (Å²) in [6.07, 6.45) is 1.44. The van der Waals surface area contributed by atoms with Crippen molar-refractivity contribution in [1.82, 2.24) is 0 Å². The minimum Gasteiger partial charge on any atom is -0.456 e. The van der Waals surface area contributed by atoms with Crippen molar-refractivity contribution in [2.75, 3.05) is 0 Å². The predicted molar refractivity (Wildman–Crippen MR) is 67.2 cm³/mol. The number of hydrogen-bond acceptors (Lipinski definition) is 1. The molecule has 1 aromatic carbocycles. The molecule has 2 heteroatoms. The van der Waals surface area contributed by atoms with Gasteiger partial charge in [-0.2, -0.15) is 0 Å². The van der Waals surface area contributed by atoms with Gasteiger partial charge in [0.2, 0.25) is 0 Å². The molecule has 0 unspecified atom stereocenters. The topological polar surface area (TPSA) is 9.23 Å². The van der Waals surface area contributed by atoms with Gasteiger partial charge in [0.15, 0.2) is 0 Å². The van der Waals surface area contributed by atoms with Gasteiger partial charge in [-0.3, -0.25) is 0 Å². The quantitative estimate of drug-likeness (QED) is 0.569. The summed E-state index contributed by atoms with van der Waals surface area (Å²) in [7, 11) is 0. The number of halogens is 1. The van der Waals surface area contributed by atoms with E-state index < -0.39 is 0 Å². The molecule has 0 radical (unpaired) electrons. The number of hydrogen-bond donors (Lipinski definition) is 0. The molecular weight excluding hydrogens is 252 g/mol. The van der Waals surface area contributed by atoms with E-state index in [1.54, 1.807) is 0 Å². The van der Waals surface area contributed by atoms with Gasteiger partial charge in [-0.15, -0.1) is 0 Å². The van der Waals surface area contributed by atoms with Gasteiger partial charge in [0.05, 0.1) is 4.47 Å². The van der Waals surface area contributed by atoms with Crippen molar-refractivity contribution in [3.05, 3.63) is 46.8 Å². The molecule has 0 aliphatic rings. The third kappa shape index (κ3) is 3.26. The highest BCUT2D eigenvalue weighted by Crippen LogP contribution is 2.31. The first-order chi connectivity index (χ1) is 6.95. The second kappa shape index (κ2) is 4.69. The van der Waals surface area contributed by atoms with Gasteiger partial charge in [0.25, 0.3) is 0 Å². The maximum atomic E-state index is 5.31. The zero-order chi connectivity index (χ0) is 11.5. The summed E-state index contributed by atoms with van der Waals surface area (Å²) in [5, 5.41) is 0. The zero-order valence-corrected chi connectivity index (χ0v) is 10.9. The highest BCUT2D eigenvalue weighted by atomic mass is 79.9. The fourth-order valence-electron chi connectivity index (χ4n) is 1.17. The van der Waals surface area contributed by atoms with Crippen molar-refractivity contribution in [2.24, 2.45) is 0 Å². The molecule has 1 rings (SSSR count). The molecule has 0 fully saturated rings. The molecular formula is C13H15BrO. The van der Waals surface area contributed by atoms with Crippen LogP contribution in [0.5, 0.6) is 5.75 Å². The van der Waals surface area contributed by atoms with Crippen molar-refractivity contribution in [3.63, 3.8) is 0 Å². The average Bonchev–Trinajstić information content (AvgIpc) is 2.14. The smallest absolute Gasteiger partial charge is 0.141 e. The van der Waals surface area contributed by atoms with Crippen LogP contribution in [0.15, 0.2) is 41.2 Å². The largest absolute Gasteiger partial charge is 0.456 e. The monoisotopic (exact) mass is 266 g/mol. The van der Waals surface area contributed by atoms with Crippen molar-refractivity contribution < 1.29 is 4.74 Å². The molecule has 0 heterocycles. The molecule has 0 atom stereocenters. The van der Waals surface area contributed by atoms with Crippen LogP contribution in [-0.2, 0) is 5.41 Å². The first-order valence-corrected chi connectivity index (χ1v) is 5.55. The van der Waals surface area contributed by atoms with Crippen LogP contribution in [0.4, 0.5) is 0 Å². The van der Waals surface area contributed by atoms with Crippen LogP contribution in [0.3, 0.4) is 0 Å². The Balaban J connectivity index is 3.03. The molecule has 0 saturated carbocycles. The van der Waals surface area contributed by atoms with Gasteiger partial charge < -0.3 is 4.74 Å². The van der Waals surface area contributed by atoms with Crippen LogP contribution in [0.2, 0.25) is 0 Å². The van der Waals surface area contributed by atoms with Crippen LogP contribution in [-0.4, -0.2) is 0 Å². The molecule has 0 N–H and O–H groups in total. The lowest BCUT2D eigenvalue weighted by Crippen LogP contribution is -2.10. The van der Waals surface area contributed by atoms with Gasteiger partial charge in [-0.1, -0.05) is 39.1 Å². The highest BCUT2D eigenvalue weighted by Gasteiger charge is 2.14. The van der Waals surface area contributed by atoms with Gasteiger partial charge in [0, 0.05) is 0 Å². The van der Waals surface area contributed by atoms with Crippen molar-refractivity contribution in [3.8, 4) is 5.75 Å². The Morgan fingerprint density at radius 3 is 2.53 bits per heavy atom. The van der Waals surface area contributed by atoms with Crippen LogP contribution >= 0.6 is 15.9 Å². The fourth-order valence-corrected chi connectivity index (χ4v) is 1.64. The number of ether oxygens (including phenoxy) is 1. The molecule has 0 aromatic heterocycles. The van der Waals surface area contributed by atoms with Gasteiger partial charge in [0.1, 0.15) is 12.0 Å². The first kappa shape index (κ1) is 12.1. The van der Waals surface area contributed by atoms with E-state index in [1.807, 2.05) is 6.07 Å². The lowest BCUT2D eigenvalue weighted by molar-refractivity contribution is 0.478. The summed E-state index contributed by atoms with van der Waals surface area (Å²) < 4.78 is 6.25. The Morgan fingerprint density at radius 2 is 2.07 bits per heavy atom. The standard InChI is InChI=1S/C13H15BrO/c1-5-8-15-12-7-6-10(9-11(12)14)13(2,3)4/h6-9H,1H2,2-4H3. The normalized spacial score (nSPS) is 10.7. The Kier molecular flexibility index (Phi) is 3.78. The Hall–Kier alpha value is -0.980. The van der Waals surface area contributed by atoms with Gasteiger partial charge in [-0.05, 0) is 39.0 Å². The molecule has 1 aromatic rings.